The fourth-order valence-corrected chi connectivity index (χ4v) is 2.41. The highest BCUT2D eigenvalue weighted by molar-refractivity contribution is 5.75. The highest BCUT2D eigenvalue weighted by Crippen LogP contribution is 2.37. The lowest BCUT2D eigenvalue weighted by molar-refractivity contribution is 0.228. The summed E-state index contributed by atoms with van der Waals surface area (Å²) in [4.78, 5) is 4.37. The van der Waals surface area contributed by atoms with Crippen molar-refractivity contribution in [2.75, 3.05) is 5.73 Å². The van der Waals surface area contributed by atoms with E-state index in [4.69, 9.17) is 10.5 Å². The lowest BCUT2D eigenvalue weighted by atomic mass is 10.00. The number of ether oxygens (including phenoxy) is 1. The molecule has 0 radical (unpaired) electrons. The van der Waals surface area contributed by atoms with Gasteiger partial charge in [-0.05, 0) is 24.1 Å². The van der Waals surface area contributed by atoms with Gasteiger partial charge in [0.05, 0.1) is 6.04 Å². The Hall–Kier alpha value is -1.77. The average Bonchev–Trinajstić information content (AvgIpc) is 2.95. The molecule has 2 unspecified atom stereocenters. The SMILES string of the molecule is CCC1Cc2cc(C3C=CC=N3)c(N)cc2O1. The van der Waals surface area contributed by atoms with E-state index in [1.165, 1.54) is 5.56 Å². The van der Waals surface area contributed by atoms with Crippen molar-refractivity contribution in [2.45, 2.75) is 31.9 Å². The van der Waals surface area contributed by atoms with Crippen molar-refractivity contribution in [1.82, 2.24) is 0 Å². The Morgan fingerprint density at radius 3 is 3.06 bits per heavy atom. The number of nitrogens with zero attached hydrogens (tertiary/aromatic N) is 1. The molecule has 3 heteroatoms. The molecule has 1 aromatic rings. The number of fused-ring (bicyclic) bond motifs is 1. The maximum absolute atomic E-state index is 6.07. The Labute approximate surface area is 101 Å². The molecular formula is C14H16N2O. The highest BCUT2D eigenvalue weighted by atomic mass is 16.5. The Kier molecular flexibility index (Phi) is 2.39. The molecule has 2 aliphatic rings. The van der Waals surface area contributed by atoms with E-state index in [2.05, 4.69) is 24.1 Å². The summed E-state index contributed by atoms with van der Waals surface area (Å²) >= 11 is 0. The van der Waals surface area contributed by atoms with Crippen LogP contribution < -0.4 is 10.5 Å². The van der Waals surface area contributed by atoms with Gasteiger partial charge in [0.1, 0.15) is 11.9 Å². The maximum atomic E-state index is 6.07. The fraction of sp³-hybridized carbons (Fsp3) is 0.357. The van der Waals surface area contributed by atoms with Gasteiger partial charge in [-0.3, -0.25) is 4.99 Å². The standard InChI is InChI=1S/C14H16N2O/c1-2-10-6-9-7-11(13-4-3-5-16-13)12(15)8-14(9)17-10/h3-5,7-8,10,13H,2,6,15H2,1H3. The second kappa shape index (κ2) is 3.91. The Morgan fingerprint density at radius 1 is 1.47 bits per heavy atom. The number of benzene rings is 1. The van der Waals surface area contributed by atoms with E-state index in [0.29, 0.717) is 6.10 Å². The Morgan fingerprint density at radius 2 is 2.35 bits per heavy atom. The molecule has 0 aliphatic carbocycles. The van der Waals surface area contributed by atoms with Crippen molar-refractivity contribution >= 4 is 11.9 Å². The summed E-state index contributed by atoms with van der Waals surface area (Å²) in [6.07, 6.45) is 8.17. The predicted octanol–water partition coefficient (Wildman–Crippen LogP) is 2.66. The molecule has 2 aliphatic heterocycles. The molecule has 2 atom stereocenters. The molecule has 3 rings (SSSR count). The molecular weight excluding hydrogens is 212 g/mol. The van der Waals surface area contributed by atoms with Crippen LogP contribution in [-0.4, -0.2) is 12.3 Å². The normalized spacial score (nSPS) is 25.0. The number of hydrogen-bond acceptors (Lipinski definition) is 3. The summed E-state index contributed by atoms with van der Waals surface area (Å²) in [6.45, 7) is 2.14. The second-order valence-electron chi connectivity index (χ2n) is 4.57. The van der Waals surface area contributed by atoms with Crippen LogP contribution in [0, 0.1) is 0 Å². The zero-order valence-corrected chi connectivity index (χ0v) is 9.89. The summed E-state index contributed by atoms with van der Waals surface area (Å²) in [5.74, 6) is 0.948. The summed E-state index contributed by atoms with van der Waals surface area (Å²) in [5.41, 5.74) is 9.20. The molecule has 0 bridgehead atoms. The van der Waals surface area contributed by atoms with Gasteiger partial charge in [-0.2, -0.15) is 0 Å². The zero-order chi connectivity index (χ0) is 11.8. The largest absolute Gasteiger partial charge is 0.490 e. The van der Waals surface area contributed by atoms with Crippen molar-refractivity contribution < 1.29 is 4.74 Å². The molecule has 3 nitrogen and oxygen atoms in total. The average molecular weight is 228 g/mol. The molecule has 0 amide bonds. The number of hydrogen-bond donors (Lipinski definition) is 1. The van der Waals surface area contributed by atoms with Crippen LogP contribution >= 0.6 is 0 Å². The van der Waals surface area contributed by atoms with Crippen LogP contribution in [0.25, 0.3) is 0 Å². The topological polar surface area (TPSA) is 47.6 Å². The van der Waals surface area contributed by atoms with Crippen LogP contribution in [0.3, 0.4) is 0 Å². The molecule has 1 aromatic carbocycles. The van der Waals surface area contributed by atoms with Crippen molar-refractivity contribution in [3.8, 4) is 5.75 Å². The number of anilines is 1. The molecule has 0 aromatic heterocycles. The van der Waals surface area contributed by atoms with E-state index in [-0.39, 0.29) is 6.04 Å². The first-order valence-electron chi connectivity index (χ1n) is 6.07. The lowest BCUT2D eigenvalue weighted by Gasteiger charge is -2.11. The summed E-state index contributed by atoms with van der Waals surface area (Å²) in [7, 11) is 0. The van der Waals surface area contributed by atoms with E-state index in [1.807, 2.05) is 18.4 Å². The van der Waals surface area contributed by atoms with Crippen LogP contribution in [0.1, 0.15) is 30.5 Å². The van der Waals surface area contributed by atoms with Gasteiger partial charge in [-0.15, -0.1) is 0 Å². The maximum Gasteiger partial charge on any atom is 0.125 e. The lowest BCUT2D eigenvalue weighted by Crippen LogP contribution is -2.10. The first-order chi connectivity index (χ1) is 8.28. The number of nitrogens with two attached hydrogens (primary N) is 1. The van der Waals surface area contributed by atoms with Gasteiger partial charge >= 0.3 is 0 Å². The van der Waals surface area contributed by atoms with Crippen molar-refractivity contribution in [2.24, 2.45) is 4.99 Å². The van der Waals surface area contributed by atoms with E-state index >= 15 is 0 Å². The second-order valence-corrected chi connectivity index (χ2v) is 4.57. The Bertz CT molecular complexity index is 493. The number of aliphatic imine (C=N–C) groups is 1. The van der Waals surface area contributed by atoms with Crippen LogP contribution in [0.5, 0.6) is 5.75 Å². The minimum atomic E-state index is 0.0842. The summed E-state index contributed by atoms with van der Waals surface area (Å²) in [5, 5.41) is 0. The smallest absolute Gasteiger partial charge is 0.125 e. The minimum absolute atomic E-state index is 0.0842. The first kappa shape index (κ1) is 10.4. The van der Waals surface area contributed by atoms with Crippen LogP contribution in [-0.2, 0) is 6.42 Å². The molecule has 88 valence electrons. The molecule has 0 spiro atoms. The van der Waals surface area contributed by atoms with Crippen LogP contribution in [0.15, 0.2) is 29.3 Å². The fourth-order valence-electron chi connectivity index (χ4n) is 2.41. The van der Waals surface area contributed by atoms with Gasteiger partial charge in [-0.25, -0.2) is 0 Å². The highest BCUT2D eigenvalue weighted by Gasteiger charge is 2.24. The molecule has 2 heterocycles. The quantitative estimate of drug-likeness (QED) is 0.791. The molecule has 0 fully saturated rings. The monoisotopic (exact) mass is 228 g/mol. The first-order valence-corrected chi connectivity index (χ1v) is 6.07. The van der Waals surface area contributed by atoms with E-state index in [1.54, 1.807) is 0 Å². The molecule has 0 saturated carbocycles. The van der Waals surface area contributed by atoms with Gasteiger partial charge in [0.25, 0.3) is 0 Å². The van der Waals surface area contributed by atoms with Crippen molar-refractivity contribution in [3.63, 3.8) is 0 Å². The third-order valence-corrected chi connectivity index (χ3v) is 3.41. The van der Waals surface area contributed by atoms with E-state index in [9.17, 15) is 0 Å². The predicted molar refractivity (Wildman–Crippen MR) is 69.6 cm³/mol. The van der Waals surface area contributed by atoms with Crippen molar-refractivity contribution in [1.29, 1.82) is 0 Å². The van der Waals surface area contributed by atoms with E-state index < -0.39 is 0 Å². The van der Waals surface area contributed by atoms with Crippen LogP contribution in [0.2, 0.25) is 0 Å². The van der Waals surface area contributed by atoms with Crippen LogP contribution in [0.4, 0.5) is 5.69 Å². The number of rotatable bonds is 2. The van der Waals surface area contributed by atoms with Gasteiger partial charge in [0.15, 0.2) is 0 Å². The molecule has 2 N–H and O–H groups in total. The molecule has 0 saturated heterocycles. The number of allylic oxidation sites excluding steroid dienone is 1. The zero-order valence-electron chi connectivity index (χ0n) is 9.89. The van der Waals surface area contributed by atoms with Crippen molar-refractivity contribution in [3.05, 3.63) is 35.4 Å². The third kappa shape index (κ3) is 1.71. The minimum Gasteiger partial charge on any atom is -0.490 e. The molecule has 17 heavy (non-hydrogen) atoms. The summed E-state index contributed by atoms with van der Waals surface area (Å²) in [6, 6.07) is 4.18. The third-order valence-electron chi connectivity index (χ3n) is 3.41. The van der Waals surface area contributed by atoms with Gasteiger partial charge in [-0.1, -0.05) is 13.0 Å². The van der Waals surface area contributed by atoms with Gasteiger partial charge in [0, 0.05) is 30.0 Å². The van der Waals surface area contributed by atoms with E-state index in [0.717, 1.165) is 29.8 Å². The van der Waals surface area contributed by atoms with Gasteiger partial charge < -0.3 is 10.5 Å². The Balaban J connectivity index is 1.98. The number of nitrogen functional groups attached to an aromatic ring is 1. The summed E-state index contributed by atoms with van der Waals surface area (Å²) < 4.78 is 5.82. The van der Waals surface area contributed by atoms with Gasteiger partial charge in [0.2, 0.25) is 0 Å².